The van der Waals surface area contributed by atoms with Crippen LogP contribution in [0.1, 0.15) is 36.5 Å². The van der Waals surface area contributed by atoms with Crippen molar-refractivity contribution in [1.82, 2.24) is 5.32 Å². The molecule has 0 unspecified atom stereocenters. The zero-order chi connectivity index (χ0) is 20.1. The van der Waals surface area contributed by atoms with E-state index in [4.69, 9.17) is 9.47 Å². The van der Waals surface area contributed by atoms with E-state index in [-0.39, 0.29) is 5.91 Å². The molecule has 0 radical (unpaired) electrons. The predicted octanol–water partition coefficient (Wildman–Crippen LogP) is 3.49. The Kier molecular flexibility index (Phi) is 6.35. The highest BCUT2D eigenvalue weighted by atomic mass is 16.5. The van der Waals surface area contributed by atoms with Gasteiger partial charge in [0.05, 0.1) is 13.2 Å². The number of ether oxygens (including phenoxy) is 2. The van der Waals surface area contributed by atoms with E-state index in [2.05, 4.69) is 46.6 Å². The maximum atomic E-state index is 12.5. The predicted molar refractivity (Wildman–Crippen MR) is 114 cm³/mol. The summed E-state index contributed by atoms with van der Waals surface area (Å²) in [7, 11) is 0. The van der Waals surface area contributed by atoms with Crippen LogP contribution in [0.3, 0.4) is 0 Å². The lowest BCUT2D eigenvalue weighted by molar-refractivity contribution is -0.127. The van der Waals surface area contributed by atoms with E-state index in [1.807, 2.05) is 6.07 Å². The molecule has 1 N–H and O–H groups in total. The molecule has 1 heterocycles. The molecule has 1 atom stereocenters. The number of carbonyl (C=O) groups is 1. The molecule has 2 aliphatic rings. The van der Waals surface area contributed by atoms with Crippen molar-refractivity contribution in [3.05, 3.63) is 59.2 Å². The molecule has 154 valence electrons. The van der Waals surface area contributed by atoms with Gasteiger partial charge in [-0.05, 0) is 73.6 Å². The highest BCUT2D eigenvalue weighted by Crippen LogP contribution is 2.26. The van der Waals surface area contributed by atoms with Gasteiger partial charge in [-0.3, -0.25) is 4.79 Å². The maximum Gasteiger partial charge on any atom is 0.261 e. The van der Waals surface area contributed by atoms with Crippen molar-refractivity contribution in [2.24, 2.45) is 0 Å². The van der Waals surface area contributed by atoms with E-state index in [1.165, 1.54) is 29.7 Å². The highest BCUT2D eigenvalue weighted by Gasteiger charge is 2.16. The summed E-state index contributed by atoms with van der Waals surface area (Å²) in [4.78, 5) is 14.8. The van der Waals surface area contributed by atoms with Crippen molar-refractivity contribution in [3.8, 4) is 5.75 Å². The summed E-state index contributed by atoms with van der Waals surface area (Å²) in [5.41, 5.74) is 5.06. The molecule has 2 aromatic carbocycles. The van der Waals surface area contributed by atoms with E-state index in [0.29, 0.717) is 6.54 Å². The molecule has 0 saturated carbocycles. The topological polar surface area (TPSA) is 50.8 Å². The van der Waals surface area contributed by atoms with Crippen LogP contribution in [0.5, 0.6) is 5.75 Å². The van der Waals surface area contributed by atoms with Crippen molar-refractivity contribution >= 4 is 11.6 Å². The van der Waals surface area contributed by atoms with Crippen LogP contribution in [0.4, 0.5) is 5.69 Å². The summed E-state index contributed by atoms with van der Waals surface area (Å²) >= 11 is 0. The van der Waals surface area contributed by atoms with Crippen LogP contribution in [0.15, 0.2) is 42.5 Å². The van der Waals surface area contributed by atoms with E-state index >= 15 is 0 Å². The number of anilines is 1. The maximum absolute atomic E-state index is 12.5. The van der Waals surface area contributed by atoms with Crippen LogP contribution in [0.25, 0.3) is 0 Å². The summed E-state index contributed by atoms with van der Waals surface area (Å²) in [5.74, 6) is 0.683. The zero-order valence-electron chi connectivity index (χ0n) is 17.2. The van der Waals surface area contributed by atoms with Gasteiger partial charge >= 0.3 is 0 Å². The lowest BCUT2D eigenvalue weighted by atomic mass is 9.92. The van der Waals surface area contributed by atoms with Gasteiger partial charge in [-0.15, -0.1) is 0 Å². The van der Waals surface area contributed by atoms with Crippen LogP contribution >= 0.6 is 0 Å². The Hall–Kier alpha value is -2.53. The molecule has 1 fully saturated rings. The van der Waals surface area contributed by atoms with Gasteiger partial charge < -0.3 is 19.7 Å². The molecule has 1 amide bonds. The number of aryl methyl sites for hydroxylation is 2. The van der Waals surface area contributed by atoms with Gasteiger partial charge in [0.15, 0.2) is 6.10 Å². The number of nitrogens with zero attached hydrogens (tertiary/aromatic N) is 1. The SMILES string of the molecule is C[C@@H](Oc1ccc2c(c1)CCCC2)C(=O)NCc1ccc(N2CCOCC2)cc1. The average Bonchev–Trinajstić information content (AvgIpc) is 2.78. The van der Waals surface area contributed by atoms with Gasteiger partial charge in [0, 0.05) is 25.3 Å². The second kappa shape index (κ2) is 9.31. The monoisotopic (exact) mass is 394 g/mol. The number of fused-ring (bicyclic) bond motifs is 1. The van der Waals surface area contributed by atoms with Gasteiger partial charge in [-0.1, -0.05) is 18.2 Å². The Bertz CT molecular complexity index is 829. The fourth-order valence-electron chi connectivity index (χ4n) is 4.02. The van der Waals surface area contributed by atoms with E-state index < -0.39 is 6.10 Å². The standard InChI is InChI=1S/C24H30N2O3/c1-18(29-23-11-8-20-4-2-3-5-21(20)16-23)24(27)25-17-19-6-9-22(10-7-19)26-12-14-28-15-13-26/h6-11,16,18H,2-5,12-15,17H2,1H3,(H,25,27)/t18-/m1/s1. The fourth-order valence-corrected chi connectivity index (χ4v) is 4.02. The molecule has 1 aliphatic heterocycles. The third-order valence-corrected chi connectivity index (χ3v) is 5.78. The lowest BCUT2D eigenvalue weighted by Crippen LogP contribution is -2.36. The second-order valence-corrected chi connectivity index (χ2v) is 7.88. The van der Waals surface area contributed by atoms with Crippen molar-refractivity contribution < 1.29 is 14.3 Å². The molecule has 0 bridgehead atoms. The Labute approximate surface area is 173 Å². The lowest BCUT2D eigenvalue weighted by Gasteiger charge is -2.28. The number of amides is 1. The minimum Gasteiger partial charge on any atom is -0.481 e. The van der Waals surface area contributed by atoms with E-state index in [1.54, 1.807) is 6.92 Å². The van der Waals surface area contributed by atoms with Crippen molar-refractivity contribution in [3.63, 3.8) is 0 Å². The average molecular weight is 395 g/mol. The summed E-state index contributed by atoms with van der Waals surface area (Å²) in [6.07, 6.45) is 4.23. The first-order valence-electron chi connectivity index (χ1n) is 10.7. The molecule has 29 heavy (non-hydrogen) atoms. The number of hydrogen-bond donors (Lipinski definition) is 1. The molecule has 1 aliphatic carbocycles. The minimum atomic E-state index is -0.524. The van der Waals surface area contributed by atoms with Crippen molar-refractivity contribution in [1.29, 1.82) is 0 Å². The van der Waals surface area contributed by atoms with Gasteiger partial charge in [-0.2, -0.15) is 0 Å². The minimum absolute atomic E-state index is 0.0972. The molecule has 4 rings (SSSR count). The first kappa shape index (κ1) is 19.8. The second-order valence-electron chi connectivity index (χ2n) is 7.88. The number of rotatable bonds is 6. The highest BCUT2D eigenvalue weighted by molar-refractivity contribution is 5.80. The normalized spacial score (nSPS) is 17.3. The van der Waals surface area contributed by atoms with Crippen LogP contribution in [0, 0.1) is 0 Å². The number of morpholine rings is 1. The quantitative estimate of drug-likeness (QED) is 0.815. The molecule has 1 saturated heterocycles. The van der Waals surface area contributed by atoms with Crippen LogP contribution in [0.2, 0.25) is 0 Å². The Morgan fingerprint density at radius 2 is 1.79 bits per heavy atom. The summed E-state index contributed by atoms with van der Waals surface area (Å²) < 4.78 is 11.3. The fraction of sp³-hybridized carbons (Fsp3) is 0.458. The number of carbonyl (C=O) groups excluding carboxylic acids is 1. The Morgan fingerprint density at radius 1 is 1.07 bits per heavy atom. The Balaban J connectivity index is 1.27. The van der Waals surface area contributed by atoms with Crippen LogP contribution in [-0.4, -0.2) is 38.3 Å². The number of benzene rings is 2. The summed E-state index contributed by atoms with van der Waals surface area (Å²) in [6, 6.07) is 14.6. The first-order chi connectivity index (χ1) is 14.2. The third kappa shape index (κ3) is 5.10. The molecule has 5 nitrogen and oxygen atoms in total. The number of hydrogen-bond acceptors (Lipinski definition) is 4. The molecular formula is C24H30N2O3. The zero-order valence-corrected chi connectivity index (χ0v) is 17.2. The smallest absolute Gasteiger partial charge is 0.261 e. The van der Waals surface area contributed by atoms with E-state index in [0.717, 1.165) is 50.5 Å². The van der Waals surface area contributed by atoms with E-state index in [9.17, 15) is 4.79 Å². The van der Waals surface area contributed by atoms with Gasteiger partial charge in [0.25, 0.3) is 5.91 Å². The van der Waals surface area contributed by atoms with Gasteiger partial charge in [0.2, 0.25) is 0 Å². The summed E-state index contributed by atoms with van der Waals surface area (Å²) in [5, 5.41) is 2.98. The van der Waals surface area contributed by atoms with Crippen LogP contribution < -0.4 is 15.0 Å². The van der Waals surface area contributed by atoms with Crippen molar-refractivity contribution in [2.45, 2.75) is 45.3 Å². The molecular weight excluding hydrogens is 364 g/mol. The first-order valence-corrected chi connectivity index (χ1v) is 10.7. The van der Waals surface area contributed by atoms with Crippen molar-refractivity contribution in [2.75, 3.05) is 31.2 Å². The number of nitrogens with one attached hydrogen (secondary N) is 1. The van der Waals surface area contributed by atoms with Gasteiger partial charge in [-0.25, -0.2) is 0 Å². The molecule has 2 aromatic rings. The van der Waals surface area contributed by atoms with Crippen LogP contribution in [-0.2, 0) is 28.9 Å². The van der Waals surface area contributed by atoms with Gasteiger partial charge in [0.1, 0.15) is 5.75 Å². The largest absolute Gasteiger partial charge is 0.481 e. The summed E-state index contributed by atoms with van der Waals surface area (Å²) in [6.45, 7) is 5.71. The molecule has 0 spiro atoms. The Morgan fingerprint density at radius 3 is 2.55 bits per heavy atom. The molecule has 0 aromatic heterocycles. The third-order valence-electron chi connectivity index (χ3n) is 5.78. The molecule has 5 heteroatoms.